The van der Waals surface area contributed by atoms with E-state index in [1.165, 1.54) is 83.5 Å². The molecule has 238 valence electrons. The fraction of sp³-hybridized carbons (Fsp3) is 0.208. The zero-order valence-electron chi connectivity index (χ0n) is 29.4. The summed E-state index contributed by atoms with van der Waals surface area (Å²) in [5, 5.41) is 1.13. The van der Waals surface area contributed by atoms with Crippen molar-refractivity contribution in [1.82, 2.24) is 0 Å². The zero-order chi connectivity index (χ0) is 33.6. The summed E-state index contributed by atoms with van der Waals surface area (Å²) in [7, 11) is 0. The van der Waals surface area contributed by atoms with Crippen LogP contribution in [0.4, 0.5) is 0 Å². The van der Waals surface area contributed by atoms with Crippen LogP contribution in [0.3, 0.4) is 0 Å². The SMILES string of the molecule is Cc1ccc2c(c1)C(C)(C)c1cc3c(cc1-2)C(C)(C)c1cc2c(cc1-3)C(C)(C)c1cc(-c3ccc(-c4cc5ccccc5o4)cc3)ccc1-2. The Morgan fingerprint density at radius 3 is 1.41 bits per heavy atom. The third-order valence-corrected chi connectivity index (χ3v) is 12.3. The lowest BCUT2D eigenvalue weighted by Crippen LogP contribution is -2.17. The minimum Gasteiger partial charge on any atom is -0.456 e. The van der Waals surface area contributed by atoms with E-state index in [1.807, 2.05) is 12.1 Å². The molecule has 3 aliphatic rings. The van der Waals surface area contributed by atoms with Gasteiger partial charge in [-0.05, 0) is 127 Å². The predicted octanol–water partition coefficient (Wildman–Crippen LogP) is 13.0. The number of aryl methyl sites for hydroxylation is 1. The van der Waals surface area contributed by atoms with Crippen molar-refractivity contribution in [3.8, 4) is 55.8 Å². The van der Waals surface area contributed by atoms with Crippen LogP contribution in [0.5, 0.6) is 0 Å². The summed E-state index contributed by atoms with van der Waals surface area (Å²) in [4.78, 5) is 0. The molecular weight excluding hydrogens is 593 g/mol. The van der Waals surface area contributed by atoms with Crippen molar-refractivity contribution >= 4 is 11.0 Å². The van der Waals surface area contributed by atoms with Gasteiger partial charge >= 0.3 is 0 Å². The lowest BCUT2D eigenvalue weighted by molar-refractivity contribution is 0.631. The van der Waals surface area contributed by atoms with E-state index in [0.717, 1.165) is 22.3 Å². The lowest BCUT2D eigenvalue weighted by Gasteiger charge is -2.25. The maximum atomic E-state index is 6.14. The quantitative estimate of drug-likeness (QED) is 0.185. The molecule has 1 nitrogen and oxygen atoms in total. The van der Waals surface area contributed by atoms with Crippen LogP contribution in [0, 0.1) is 6.92 Å². The van der Waals surface area contributed by atoms with E-state index in [4.69, 9.17) is 4.42 Å². The van der Waals surface area contributed by atoms with Crippen LogP contribution in [-0.2, 0) is 16.2 Å². The molecule has 7 aromatic rings. The Morgan fingerprint density at radius 1 is 0.388 bits per heavy atom. The van der Waals surface area contributed by atoms with Gasteiger partial charge in [0.1, 0.15) is 11.3 Å². The van der Waals surface area contributed by atoms with E-state index in [1.54, 1.807) is 0 Å². The highest BCUT2D eigenvalue weighted by molar-refractivity contribution is 5.94. The van der Waals surface area contributed by atoms with Gasteiger partial charge in [-0.3, -0.25) is 0 Å². The molecular formula is C48H40O. The molecule has 49 heavy (non-hydrogen) atoms. The molecule has 0 amide bonds. The van der Waals surface area contributed by atoms with Crippen LogP contribution >= 0.6 is 0 Å². The molecule has 0 saturated heterocycles. The van der Waals surface area contributed by atoms with Crippen LogP contribution < -0.4 is 0 Å². The number of furan rings is 1. The van der Waals surface area contributed by atoms with Crippen molar-refractivity contribution in [2.45, 2.75) is 64.7 Å². The molecule has 0 spiro atoms. The lowest BCUT2D eigenvalue weighted by atomic mass is 9.78. The maximum Gasteiger partial charge on any atom is 0.135 e. The van der Waals surface area contributed by atoms with E-state index in [-0.39, 0.29) is 16.2 Å². The Bertz CT molecular complexity index is 2530. The van der Waals surface area contributed by atoms with E-state index < -0.39 is 0 Å². The Kier molecular flexibility index (Phi) is 5.47. The Hall–Kier alpha value is -5.14. The summed E-state index contributed by atoms with van der Waals surface area (Å²) in [6, 6.07) is 43.4. The number of rotatable bonds is 2. The van der Waals surface area contributed by atoms with E-state index in [9.17, 15) is 0 Å². The van der Waals surface area contributed by atoms with Crippen molar-refractivity contribution in [2.24, 2.45) is 0 Å². The molecule has 10 rings (SSSR count). The van der Waals surface area contributed by atoms with Crippen LogP contribution in [0.1, 0.15) is 80.5 Å². The van der Waals surface area contributed by atoms with Crippen LogP contribution in [0.25, 0.3) is 66.8 Å². The first-order valence-electron chi connectivity index (χ1n) is 17.7. The van der Waals surface area contributed by atoms with Gasteiger partial charge in [0, 0.05) is 27.2 Å². The molecule has 0 radical (unpaired) electrons. The highest BCUT2D eigenvalue weighted by atomic mass is 16.3. The fourth-order valence-electron chi connectivity index (χ4n) is 9.43. The third kappa shape index (κ3) is 3.77. The van der Waals surface area contributed by atoms with E-state index >= 15 is 0 Å². The first kappa shape index (κ1) is 28.8. The van der Waals surface area contributed by atoms with Crippen molar-refractivity contribution in [2.75, 3.05) is 0 Å². The van der Waals surface area contributed by atoms with Gasteiger partial charge in [0.05, 0.1) is 0 Å². The number of benzene rings is 6. The number of hydrogen-bond acceptors (Lipinski definition) is 1. The number of fused-ring (bicyclic) bond motifs is 10. The highest BCUT2D eigenvalue weighted by Crippen LogP contribution is 2.59. The largest absolute Gasteiger partial charge is 0.456 e. The van der Waals surface area contributed by atoms with Crippen molar-refractivity contribution in [1.29, 1.82) is 0 Å². The first-order chi connectivity index (χ1) is 23.4. The molecule has 1 heterocycles. The van der Waals surface area contributed by atoms with Crippen LogP contribution in [0.2, 0.25) is 0 Å². The predicted molar refractivity (Wildman–Crippen MR) is 205 cm³/mol. The minimum atomic E-state index is -0.111. The van der Waals surface area contributed by atoms with E-state index in [2.05, 4.69) is 152 Å². The average molecular weight is 633 g/mol. The Balaban J connectivity index is 1.05. The van der Waals surface area contributed by atoms with Gasteiger partial charge in [0.2, 0.25) is 0 Å². The van der Waals surface area contributed by atoms with Gasteiger partial charge in [0.15, 0.2) is 0 Å². The second-order valence-electron chi connectivity index (χ2n) is 16.3. The van der Waals surface area contributed by atoms with Gasteiger partial charge < -0.3 is 4.42 Å². The van der Waals surface area contributed by atoms with Crippen LogP contribution in [0.15, 0.2) is 120 Å². The second kappa shape index (κ2) is 9.30. The van der Waals surface area contributed by atoms with Gasteiger partial charge in [-0.15, -0.1) is 0 Å². The molecule has 0 aliphatic heterocycles. The summed E-state index contributed by atoms with van der Waals surface area (Å²) in [6.07, 6.45) is 0. The monoisotopic (exact) mass is 632 g/mol. The smallest absolute Gasteiger partial charge is 0.135 e. The summed E-state index contributed by atoms with van der Waals surface area (Å²) < 4.78 is 6.14. The molecule has 0 atom stereocenters. The van der Waals surface area contributed by atoms with Crippen molar-refractivity contribution in [3.05, 3.63) is 154 Å². The summed E-state index contributed by atoms with van der Waals surface area (Å²) in [5.74, 6) is 0.906. The van der Waals surface area contributed by atoms with Gasteiger partial charge in [-0.2, -0.15) is 0 Å². The van der Waals surface area contributed by atoms with Crippen LogP contribution in [-0.4, -0.2) is 0 Å². The molecule has 0 unspecified atom stereocenters. The molecule has 0 fully saturated rings. The summed E-state index contributed by atoms with van der Waals surface area (Å²) >= 11 is 0. The second-order valence-corrected chi connectivity index (χ2v) is 16.3. The fourth-order valence-corrected chi connectivity index (χ4v) is 9.43. The Labute approximate surface area is 289 Å². The first-order valence-corrected chi connectivity index (χ1v) is 17.7. The summed E-state index contributed by atoms with van der Waals surface area (Å²) in [6.45, 7) is 16.7. The van der Waals surface area contributed by atoms with E-state index in [0.29, 0.717) is 0 Å². The zero-order valence-corrected chi connectivity index (χ0v) is 29.4. The van der Waals surface area contributed by atoms with Gasteiger partial charge in [0.25, 0.3) is 0 Å². The molecule has 1 heteroatoms. The average Bonchev–Trinajstić information content (AvgIpc) is 3.75. The standard InChI is InChI=1S/C48H40O/c1-27-12-18-32-34-23-42-36(25-40(34)46(2,3)38(32)20-27)37-26-41-35(24-43(37)48(42,6)7)33-19-17-30(21-39(33)47(41,4)5)28-13-15-29(16-14-28)45-22-31-10-8-9-11-44(31)49-45/h8-26H,1-7H3. The maximum absolute atomic E-state index is 6.14. The molecule has 3 aliphatic carbocycles. The number of hydrogen-bond donors (Lipinski definition) is 0. The van der Waals surface area contributed by atoms with Crippen molar-refractivity contribution < 1.29 is 4.42 Å². The molecule has 6 aromatic carbocycles. The summed E-state index contributed by atoms with van der Waals surface area (Å²) in [5.41, 5.74) is 22.6. The molecule has 0 N–H and O–H groups in total. The normalized spacial score (nSPS) is 16.6. The van der Waals surface area contributed by atoms with Crippen molar-refractivity contribution in [3.63, 3.8) is 0 Å². The minimum absolute atomic E-state index is 0.0223. The molecule has 1 aromatic heterocycles. The molecule has 0 saturated carbocycles. The van der Waals surface area contributed by atoms with Gasteiger partial charge in [-0.25, -0.2) is 0 Å². The topological polar surface area (TPSA) is 13.1 Å². The molecule has 0 bridgehead atoms. The highest BCUT2D eigenvalue weighted by Gasteiger charge is 2.44. The van der Waals surface area contributed by atoms with Gasteiger partial charge in [-0.1, -0.05) is 120 Å². The Morgan fingerprint density at radius 2 is 0.837 bits per heavy atom. The number of para-hydroxylation sites is 1. The third-order valence-electron chi connectivity index (χ3n) is 12.3.